The molecule has 0 N–H and O–H groups in total. The zero-order valence-corrected chi connectivity index (χ0v) is 7.84. The lowest BCUT2D eigenvalue weighted by molar-refractivity contribution is -0.137. The van der Waals surface area contributed by atoms with Crippen molar-refractivity contribution in [3.63, 3.8) is 0 Å². The Hall–Kier alpha value is -1.43. The maximum atomic E-state index is 12.3. The van der Waals surface area contributed by atoms with Crippen LogP contribution >= 0.6 is 11.6 Å². The Balaban J connectivity index is 2.62. The maximum absolute atomic E-state index is 12.3. The first kappa shape index (κ1) is 10.1. The first-order chi connectivity index (χ1) is 6.97. The molecule has 0 saturated heterocycles. The number of rotatable bonds is 0. The minimum absolute atomic E-state index is 0.0641. The summed E-state index contributed by atoms with van der Waals surface area (Å²) in [7, 11) is 0. The second kappa shape index (κ2) is 3.30. The van der Waals surface area contributed by atoms with Crippen LogP contribution in [0.5, 0.6) is 0 Å². The van der Waals surface area contributed by atoms with Crippen molar-refractivity contribution in [1.82, 2.24) is 15.2 Å². The molecule has 1 aromatic carbocycles. The Morgan fingerprint density at radius 1 is 1.07 bits per heavy atom. The van der Waals surface area contributed by atoms with Gasteiger partial charge in [-0.05, 0) is 29.8 Å². The molecule has 0 aliphatic rings. The van der Waals surface area contributed by atoms with E-state index >= 15 is 0 Å². The van der Waals surface area contributed by atoms with E-state index in [4.69, 9.17) is 11.6 Å². The predicted octanol–water partition coefficient (Wildman–Crippen LogP) is 2.70. The predicted molar refractivity (Wildman–Crippen MR) is 47.3 cm³/mol. The van der Waals surface area contributed by atoms with E-state index in [1.807, 2.05) is 0 Å². The SMILES string of the molecule is FC(F)(F)c1ccc2nc(Cl)nnc2c1. The molecular formula is C8H3ClF3N3. The summed E-state index contributed by atoms with van der Waals surface area (Å²) in [5.74, 6) is 0. The van der Waals surface area contributed by atoms with Crippen molar-refractivity contribution in [3.8, 4) is 0 Å². The van der Waals surface area contributed by atoms with Crippen LogP contribution in [-0.2, 0) is 6.18 Å². The first-order valence-corrected chi connectivity index (χ1v) is 4.22. The summed E-state index contributed by atoms with van der Waals surface area (Å²) in [4.78, 5) is 3.72. The molecule has 0 unspecified atom stereocenters. The van der Waals surface area contributed by atoms with Crippen LogP contribution in [0.15, 0.2) is 18.2 Å². The van der Waals surface area contributed by atoms with Gasteiger partial charge in [0.15, 0.2) is 0 Å². The Morgan fingerprint density at radius 3 is 2.47 bits per heavy atom. The van der Waals surface area contributed by atoms with Crippen molar-refractivity contribution in [2.24, 2.45) is 0 Å². The van der Waals surface area contributed by atoms with E-state index in [9.17, 15) is 13.2 Å². The molecule has 1 aromatic heterocycles. The Kier molecular flexibility index (Phi) is 2.22. The highest BCUT2D eigenvalue weighted by molar-refractivity contribution is 6.28. The summed E-state index contributed by atoms with van der Waals surface area (Å²) in [5.41, 5.74) is -0.439. The van der Waals surface area contributed by atoms with Crippen LogP contribution in [0.2, 0.25) is 5.28 Å². The minimum atomic E-state index is -4.39. The number of fused-ring (bicyclic) bond motifs is 1. The number of alkyl halides is 3. The second-order valence-corrected chi connectivity index (χ2v) is 3.12. The number of benzene rings is 1. The topological polar surface area (TPSA) is 38.7 Å². The van der Waals surface area contributed by atoms with Crippen LogP contribution in [0.3, 0.4) is 0 Å². The third kappa shape index (κ3) is 1.99. The lowest BCUT2D eigenvalue weighted by Crippen LogP contribution is -2.05. The van der Waals surface area contributed by atoms with E-state index < -0.39 is 11.7 Å². The molecule has 2 aromatic rings. The standard InChI is InChI=1S/C8H3ClF3N3/c9-7-13-5-2-1-4(8(10,11)12)3-6(5)14-15-7/h1-3H. The average Bonchev–Trinajstić information content (AvgIpc) is 2.15. The highest BCUT2D eigenvalue weighted by Crippen LogP contribution is 2.30. The highest BCUT2D eigenvalue weighted by atomic mass is 35.5. The van der Waals surface area contributed by atoms with Gasteiger partial charge in [-0.2, -0.15) is 13.2 Å². The van der Waals surface area contributed by atoms with E-state index in [1.165, 1.54) is 6.07 Å². The number of aromatic nitrogens is 3. The molecule has 0 bridgehead atoms. The van der Waals surface area contributed by atoms with Crippen molar-refractivity contribution >= 4 is 22.6 Å². The normalized spacial score (nSPS) is 12.0. The quantitative estimate of drug-likeness (QED) is 0.702. The van der Waals surface area contributed by atoms with E-state index in [0.29, 0.717) is 0 Å². The second-order valence-electron chi connectivity index (χ2n) is 2.78. The monoisotopic (exact) mass is 233 g/mol. The molecule has 0 spiro atoms. The molecule has 1 heterocycles. The van der Waals surface area contributed by atoms with Gasteiger partial charge in [0.2, 0.25) is 5.28 Å². The lowest BCUT2D eigenvalue weighted by Gasteiger charge is -2.06. The van der Waals surface area contributed by atoms with Crippen molar-refractivity contribution in [1.29, 1.82) is 0 Å². The van der Waals surface area contributed by atoms with E-state index in [-0.39, 0.29) is 16.3 Å². The van der Waals surface area contributed by atoms with Crippen LogP contribution in [0.4, 0.5) is 13.2 Å². The molecule has 7 heteroatoms. The summed E-state index contributed by atoms with van der Waals surface area (Å²) in [6.07, 6.45) is -4.39. The fourth-order valence-corrected chi connectivity index (χ4v) is 1.22. The van der Waals surface area contributed by atoms with Crippen molar-refractivity contribution in [2.45, 2.75) is 6.18 Å². The Bertz CT molecular complexity index is 512. The maximum Gasteiger partial charge on any atom is 0.416 e. The first-order valence-electron chi connectivity index (χ1n) is 3.84. The van der Waals surface area contributed by atoms with Crippen LogP contribution in [0.1, 0.15) is 5.56 Å². The summed E-state index contributed by atoms with van der Waals surface area (Å²) < 4.78 is 36.9. The molecule has 0 aliphatic carbocycles. The van der Waals surface area contributed by atoms with Gasteiger partial charge in [-0.15, -0.1) is 10.2 Å². The van der Waals surface area contributed by atoms with Crippen molar-refractivity contribution in [2.75, 3.05) is 0 Å². The van der Waals surface area contributed by atoms with Crippen LogP contribution in [0, 0.1) is 0 Å². The molecule has 0 saturated carbocycles. The van der Waals surface area contributed by atoms with Crippen LogP contribution in [0.25, 0.3) is 11.0 Å². The lowest BCUT2D eigenvalue weighted by atomic mass is 10.2. The molecular weight excluding hydrogens is 231 g/mol. The van der Waals surface area contributed by atoms with Gasteiger partial charge in [-0.1, -0.05) is 0 Å². The Morgan fingerprint density at radius 2 is 1.80 bits per heavy atom. The molecule has 0 amide bonds. The molecule has 0 aliphatic heterocycles. The highest BCUT2D eigenvalue weighted by Gasteiger charge is 2.30. The van der Waals surface area contributed by atoms with Crippen molar-refractivity contribution in [3.05, 3.63) is 29.0 Å². The summed E-state index contributed by atoms with van der Waals surface area (Å²) in [6, 6.07) is 3.01. The zero-order valence-electron chi connectivity index (χ0n) is 7.09. The largest absolute Gasteiger partial charge is 0.416 e. The third-order valence-electron chi connectivity index (χ3n) is 1.76. The molecule has 15 heavy (non-hydrogen) atoms. The molecule has 0 fully saturated rings. The minimum Gasteiger partial charge on any atom is -0.215 e. The van der Waals surface area contributed by atoms with E-state index in [2.05, 4.69) is 15.2 Å². The molecule has 3 nitrogen and oxygen atoms in total. The molecule has 78 valence electrons. The van der Waals surface area contributed by atoms with Gasteiger partial charge in [-0.25, -0.2) is 4.98 Å². The van der Waals surface area contributed by atoms with Gasteiger partial charge >= 0.3 is 6.18 Å². The third-order valence-corrected chi connectivity index (χ3v) is 1.92. The van der Waals surface area contributed by atoms with Crippen LogP contribution in [-0.4, -0.2) is 15.2 Å². The van der Waals surface area contributed by atoms with Gasteiger partial charge in [0.25, 0.3) is 0 Å². The summed E-state index contributed by atoms with van der Waals surface area (Å²) in [6.45, 7) is 0. The molecule has 0 radical (unpaired) electrons. The number of halogens is 4. The van der Waals surface area contributed by atoms with Gasteiger partial charge in [0.05, 0.1) is 11.1 Å². The van der Waals surface area contributed by atoms with Crippen LogP contribution < -0.4 is 0 Å². The molecule has 2 rings (SSSR count). The average molecular weight is 234 g/mol. The van der Waals surface area contributed by atoms with Crippen molar-refractivity contribution < 1.29 is 13.2 Å². The molecule has 0 atom stereocenters. The number of hydrogen-bond acceptors (Lipinski definition) is 3. The van der Waals surface area contributed by atoms with E-state index in [1.54, 1.807) is 0 Å². The zero-order chi connectivity index (χ0) is 11.1. The smallest absolute Gasteiger partial charge is 0.215 e. The van der Waals surface area contributed by atoms with Gasteiger partial charge in [-0.3, -0.25) is 0 Å². The Labute approximate surface area is 86.9 Å². The van der Waals surface area contributed by atoms with E-state index in [0.717, 1.165) is 12.1 Å². The van der Waals surface area contributed by atoms with Gasteiger partial charge < -0.3 is 0 Å². The summed E-state index contributed by atoms with van der Waals surface area (Å²) >= 11 is 5.44. The fraction of sp³-hybridized carbons (Fsp3) is 0.125. The van der Waals surface area contributed by atoms with Gasteiger partial charge in [0, 0.05) is 0 Å². The van der Waals surface area contributed by atoms with Gasteiger partial charge in [0.1, 0.15) is 5.52 Å². The number of nitrogens with zero attached hydrogens (tertiary/aromatic N) is 3. The fourth-order valence-electron chi connectivity index (χ4n) is 1.09. The summed E-state index contributed by atoms with van der Waals surface area (Å²) in [5, 5.41) is 6.78. The number of hydrogen-bond donors (Lipinski definition) is 0.